The molecule has 0 aliphatic heterocycles. The van der Waals surface area contributed by atoms with E-state index < -0.39 is 23.2 Å². The Bertz CT molecular complexity index is 581. The first-order valence-electron chi connectivity index (χ1n) is 6.58. The summed E-state index contributed by atoms with van der Waals surface area (Å²) in [6, 6.07) is 5.02. The first-order chi connectivity index (χ1) is 9.82. The highest BCUT2D eigenvalue weighted by Crippen LogP contribution is 2.58. The number of nitrogens with one attached hydrogen (secondary N) is 1. The molecule has 2 atom stereocenters. The lowest BCUT2D eigenvalue weighted by Gasteiger charge is -2.12. The number of aliphatic carboxylic acids is 1. The van der Waals surface area contributed by atoms with Crippen molar-refractivity contribution in [1.29, 1.82) is 0 Å². The molecule has 2 unspecified atom stereocenters. The summed E-state index contributed by atoms with van der Waals surface area (Å²) in [5, 5.41) is 11.9. The molecule has 1 saturated carbocycles. The van der Waals surface area contributed by atoms with Gasteiger partial charge in [0.15, 0.2) is 0 Å². The van der Waals surface area contributed by atoms with Gasteiger partial charge in [-0.1, -0.05) is 13.8 Å². The number of rotatable bonds is 5. The van der Waals surface area contributed by atoms with Crippen LogP contribution < -0.4 is 14.8 Å². The summed E-state index contributed by atoms with van der Waals surface area (Å²) in [6.45, 7) is 3.56. The van der Waals surface area contributed by atoms with Gasteiger partial charge in [-0.3, -0.25) is 9.59 Å². The number of amides is 1. The number of benzene rings is 1. The maximum Gasteiger partial charge on any atom is 0.307 e. The Morgan fingerprint density at radius 3 is 2.33 bits per heavy atom. The van der Waals surface area contributed by atoms with Gasteiger partial charge >= 0.3 is 5.97 Å². The molecular weight excluding hydrogens is 274 g/mol. The van der Waals surface area contributed by atoms with Crippen molar-refractivity contribution in [3.63, 3.8) is 0 Å². The quantitative estimate of drug-likeness (QED) is 0.867. The molecule has 0 bridgehead atoms. The SMILES string of the molecule is COc1ccc(NC(=O)C2C(C(=O)O)C2(C)C)c(OC)c1. The second kappa shape index (κ2) is 5.27. The number of ether oxygens (including phenoxy) is 2. The number of hydrogen-bond donors (Lipinski definition) is 2. The topological polar surface area (TPSA) is 84.9 Å². The highest BCUT2D eigenvalue weighted by atomic mass is 16.5. The molecule has 6 heteroatoms. The number of anilines is 1. The highest BCUT2D eigenvalue weighted by Gasteiger charge is 2.65. The third kappa shape index (κ3) is 2.66. The van der Waals surface area contributed by atoms with Crippen LogP contribution in [0.2, 0.25) is 0 Å². The Morgan fingerprint density at radius 1 is 1.19 bits per heavy atom. The van der Waals surface area contributed by atoms with Crippen molar-refractivity contribution >= 4 is 17.6 Å². The minimum Gasteiger partial charge on any atom is -0.497 e. The number of carboxylic acid groups (broad SMARTS) is 1. The molecule has 114 valence electrons. The van der Waals surface area contributed by atoms with Gasteiger partial charge in [0.2, 0.25) is 5.91 Å². The average Bonchev–Trinajstić information content (AvgIpc) is 3.02. The average molecular weight is 293 g/mol. The van der Waals surface area contributed by atoms with Gasteiger partial charge in [-0.25, -0.2) is 0 Å². The Morgan fingerprint density at radius 2 is 1.86 bits per heavy atom. The zero-order valence-corrected chi connectivity index (χ0v) is 12.5. The van der Waals surface area contributed by atoms with Gasteiger partial charge in [-0.2, -0.15) is 0 Å². The van der Waals surface area contributed by atoms with Gasteiger partial charge in [-0.05, 0) is 17.5 Å². The van der Waals surface area contributed by atoms with Crippen molar-refractivity contribution in [3.05, 3.63) is 18.2 Å². The zero-order valence-electron chi connectivity index (χ0n) is 12.5. The van der Waals surface area contributed by atoms with Crippen molar-refractivity contribution in [1.82, 2.24) is 0 Å². The summed E-state index contributed by atoms with van der Waals surface area (Å²) in [6.07, 6.45) is 0. The summed E-state index contributed by atoms with van der Waals surface area (Å²) < 4.78 is 10.3. The molecule has 0 spiro atoms. The van der Waals surface area contributed by atoms with Crippen molar-refractivity contribution in [2.45, 2.75) is 13.8 Å². The zero-order chi connectivity index (χ0) is 15.8. The van der Waals surface area contributed by atoms with Crippen molar-refractivity contribution < 1.29 is 24.2 Å². The van der Waals surface area contributed by atoms with E-state index >= 15 is 0 Å². The fourth-order valence-electron chi connectivity index (χ4n) is 2.70. The third-order valence-corrected chi connectivity index (χ3v) is 4.04. The van der Waals surface area contributed by atoms with Crippen molar-refractivity contribution in [3.8, 4) is 11.5 Å². The first kappa shape index (κ1) is 15.2. The van der Waals surface area contributed by atoms with Crippen LogP contribution in [0.4, 0.5) is 5.69 Å². The Labute approximate surface area is 123 Å². The van der Waals surface area contributed by atoms with Crippen LogP contribution in [0.1, 0.15) is 13.8 Å². The van der Waals surface area contributed by atoms with Gasteiger partial charge in [0, 0.05) is 6.07 Å². The molecular formula is C15H19NO5. The van der Waals surface area contributed by atoms with Crippen LogP contribution in [0.3, 0.4) is 0 Å². The molecule has 1 aliphatic carbocycles. The maximum absolute atomic E-state index is 12.3. The van der Waals surface area contributed by atoms with Crippen LogP contribution in [0.15, 0.2) is 18.2 Å². The molecule has 0 heterocycles. The van der Waals surface area contributed by atoms with Gasteiger partial charge in [0.1, 0.15) is 11.5 Å². The van der Waals surface area contributed by atoms with E-state index in [1.807, 2.05) is 0 Å². The minimum atomic E-state index is -0.943. The summed E-state index contributed by atoms with van der Waals surface area (Å²) in [4.78, 5) is 23.4. The smallest absolute Gasteiger partial charge is 0.307 e. The molecule has 1 aliphatic rings. The summed E-state index contributed by atoms with van der Waals surface area (Å²) in [5.41, 5.74) is -0.0366. The number of hydrogen-bond acceptors (Lipinski definition) is 4. The van der Waals surface area contributed by atoms with Gasteiger partial charge in [0.25, 0.3) is 0 Å². The van der Waals surface area contributed by atoms with Gasteiger partial charge in [-0.15, -0.1) is 0 Å². The highest BCUT2D eigenvalue weighted by molar-refractivity contribution is 6.00. The molecule has 0 radical (unpaired) electrons. The van der Waals surface area contributed by atoms with E-state index in [2.05, 4.69) is 5.32 Å². The molecule has 0 saturated heterocycles. The lowest BCUT2D eigenvalue weighted by molar-refractivity contribution is -0.140. The molecule has 0 aromatic heterocycles. The summed E-state index contributed by atoms with van der Waals surface area (Å²) in [5.74, 6) is -1.37. The van der Waals surface area contributed by atoms with E-state index in [0.29, 0.717) is 17.2 Å². The van der Waals surface area contributed by atoms with Crippen molar-refractivity contribution in [2.75, 3.05) is 19.5 Å². The number of methoxy groups -OCH3 is 2. The monoisotopic (exact) mass is 293 g/mol. The molecule has 1 aromatic rings. The Hall–Kier alpha value is -2.24. The fourth-order valence-corrected chi connectivity index (χ4v) is 2.70. The molecule has 1 fully saturated rings. The van der Waals surface area contributed by atoms with E-state index in [0.717, 1.165) is 0 Å². The van der Waals surface area contributed by atoms with Crippen LogP contribution in [0.5, 0.6) is 11.5 Å². The largest absolute Gasteiger partial charge is 0.497 e. The van der Waals surface area contributed by atoms with Crippen LogP contribution >= 0.6 is 0 Å². The number of carbonyl (C=O) groups excluding carboxylic acids is 1. The minimum absolute atomic E-state index is 0.309. The van der Waals surface area contributed by atoms with Crippen LogP contribution in [0.25, 0.3) is 0 Å². The van der Waals surface area contributed by atoms with Crippen LogP contribution in [-0.2, 0) is 9.59 Å². The van der Waals surface area contributed by atoms with E-state index in [-0.39, 0.29) is 5.91 Å². The van der Waals surface area contributed by atoms with Gasteiger partial charge < -0.3 is 19.9 Å². The molecule has 1 aromatic carbocycles. The Balaban J connectivity index is 2.16. The standard InChI is InChI=1S/C15H19NO5/c1-15(2)11(12(15)14(18)19)13(17)16-9-6-5-8(20-3)7-10(9)21-4/h5-7,11-12H,1-4H3,(H,16,17)(H,18,19). The lowest BCUT2D eigenvalue weighted by Crippen LogP contribution is -2.18. The fraction of sp³-hybridized carbons (Fsp3) is 0.467. The predicted octanol–water partition coefficient (Wildman–Crippen LogP) is 2.00. The van der Waals surface area contributed by atoms with Crippen molar-refractivity contribution in [2.24, 2.45) is 17.3 Å². The van der Waals surface area contributed by atoms with Crippen LogP contribution in [-0.4, -0.2) is 31.2 Å². The first-order valence-corrected chi connectivity index (χ1v) is 6.58. The van der Waals surface area contributed by atoms with E-state index in [9.17, 15) is 9.59 Å². The molecule has 1 amide bonds. The Kier molecular flexibility index (Phi) is 3.80. The number of carboxylic acids is 1. The molecule has 2 rings (SSSR count). The summed E-state index contributed by atoms with van der Waals surface area (Å²) >= 11 is 0. The maximum atomic E-state index is 12.3. The second-order valence-electron chi connectivity index (χ2n) is 5.67. The van der Waals surface area contributed by atoms with E-state index in [1.54, 1.807) is 32.0 Å². The lowest BCUT2D eigenvalue weighted by atomic mass is 10.1. The number of carbonyl (C=O) groups is 2. The molecule has 6 nitrogen and oxygen atoms in total. The van der Waals surface area contributed by atoms with Crippen LogP contribution in [0, 0.1) is 17.3 Å². The van der Waals surface area contributed by atoms with E-state index in [4.69, 9.17) is 14.6 Å². The third-order valence-electron chi connectivity index (χ3n) is 4.04. The predicted molar refractivity (Wildman–Crippen MR) is 76.6 cm³/mol. The second-order valence-corrected chi connectivity index (χ2v) is 5.67. The van der Waals surface area contributed by atoms with E-state index in [1.165, 1.54) is 14.2 Å². The van der Waals surface area contributed by atoms with Gasteiger partial charge in [0.05, 0.1) is 31.7 Å². The normalized spacial score (nSPS) is 22.3. The summed E-state index contributed by atoms with van der Waals surface area (Å²) in [7, 11) is 3.03. The molecule has 21 heavy (non-hydrogen) atoms. The molecule has 2 N–H and O–H groups in total.